The van der Waals surface area contributed by atoms with Gasteiger partial charge >= 0.3 is 0 Å². The first kappa shape index (κ1) is 15.2. The summed E-state index contributed by atoms with van der Waals surface area (Å²) in [5.41, 5.74) is 0.996. The molecule has 6 heteroatoms. The van der Waals surface area contributed by atoms with Crippen molar-refractivity contribution in [3.05, 3.63) is 36.0 Å². The maximum Gasteiger partial charge on any atom is 0.260 e. The van der Waals surface area contributed by atoms with Gasteiger partial charge in [0.1, 0.15) is 0 Å². The third kappa shape index (κ3) is 3.65. The predicted molar refractivity (Wildman–Crippen MR) is 78.8 cm³/mol. The van der Waals surface area contributed by atoms with Crippen molar-refractivity contribution in [3.63, 3.8) is 0 Å². The minimum absolute atomic E-state index is 0.132. The van der Waals surface area contributed by atoms with Gasteiger partial charge < -0.3 is 5.32 Å². The Hall–Kier alpha value is -1.24. The van der Waals surface area contributed by atoms with Crippen LogP contribution < -0.4 is 5.32 Å². The van der Waals surface area contributed by atoms with Gasteiger partial charge in [0.15, 0.2) is 5.03 Å². The van der Waals surface area contributed by atoms with Gasteiger partial charge in [-0.25, -0.2) is 13.4 Å². The van der Waals surface area contributed by atoms with Crippen LogP contribution in [-0.4, -0.2) is 37.3 Å². The highest BCUT2D eigenvalue weighted by atomic mass is 32.2. The SMILES string of the molecule is CCCNCc1ccc(S(=O)(=O)N2CC=CCC2)nc1. The van der Waals surface area contributed by atoms with E-state index in [4.69, 9.17) is 0 Å². The van der Waals surface area contributed by atoms with Gasteiger partial charge in [-0.2, -0.15) is 4.31 Å². The van der Waals surface area contributed by atoms with Gasteiger partial charge in [0.05, 0.1) is 0 Å². The maximum atomic E-state index is 12.4. The van der Waals surface area contributed by atoms with Crippen LogP contribution in [0.5, 0.6) is 0 Å². The number of aromatic nitrogens is 1. The van der Waals surface area contributed by atoms with E-state index in [2.05, 4.69) is 17.2 Å². The molecule has 0 unspecified atom stereocenters. The number of rotatable bonds is 6. The van der Waals surface area contributed by atoms with Crippen LogP contribution in [-0.2, 0) is 16.6 Å². The third-order valence-corrected chi connectivity index (χ3v) is 4.96. The Balaban J connectivity index is 2.06. The fourth-order valence-electron chi connectivity index (χ4n) is 2.05. The summed E-state index contributed by atoms with van der Waals surface area (Å²) in [5.74, 6) is 0. The molecule has 2 heterocycles. The van der Waals surface area contributed by atoms with Crippen molar-refractivity contribution in [3.8, 4) is 0 Å². The average Bonchev–Trinajstić information content (AvgIpc) is 2.49. The summed E-state index contributed by atoms with van der Waals surface area (Å²) < 4.78 is 26.2. The lowest BCUT2D eigenvalue weighted by Crippen LogP contribution is -2.34. The summed E-state index contributed by atoms with van der Waals surface area (Å²) in [4.78, 5) is 4.11. The molecule has 110 valence electrons. The summed E-state index contributed by atoms with van der Waals surface area (Å²) in [6.45, 7) is 4.73. The summed E-state index contributed by atoms with van der Waals surface area (Å²) in [5, 5.41) is 3.40. The topological polar surface area (TPSA) is 62.3 Å². The molecule has 5 nitrogen and oxygen atoms in total. The monoisotopic (exact) mass is 295 g/mol. The Bertz CT molecular complexity index is 552. The van der Waals surface area contributed by atoms with E-state index in [1.54, 1.807) is 12.3 Å². The second-order valence-corrected chi connectivity index (χ2v) is 6.69. The first-order valence-electron chi connectivity index (χ1n) is 6.95. The molecule has 0 atom stereocenters. The first-order chi connectivity index (χ1) is 9.64. The van der Waals surface area contributed by atoms with E-state index in [-0.39, 0.29) is 5.03 Å². The fraction of sp³-hybridized carbons (Fsp3) is 0.500. The van der Waals surface area contributed by atoms with Gasteiger partial charge in [-0.3, -0.25) is 0 Å². The molecule has 1 aliphatic rings. The van der Waals surface area contributed by atoms with Gasteiger partial charge in [0.2, 0.25) is 0 Å². The summed E-state index contributed by atoms with van der Waals surface area (Å²) in [7, 11) is -3.45. The van der Waals surface area contributed by atoms with Gasteiger partial charge in [0, 0.05) is 25.8 Å². The smallest absolute Gasteiger partial charge is 0.260 e. The van der Waals surface area contributed by atoms with E-state index in [9.17, 15) is 8.42 Å². The molecule has 0 aromatic carbocycles. The fourth-order valence-corrected chi connectivity index (χ4v) is 3.37. The van der Waals surface area contributed by atoms with E-state index in [0.717, 1.165) is 24.9 Å². The van der Waals surface area contributed by atoms with Crippen molar-refractivity contribution in [2.45, 2.75) is 31.3 Å². The molecule has 2 rings (SSSR count). The molecule has 0 saturated carbocycles. The average molecular weight is 295 g/mol. The molecule has 0 aliphatic carbocycles. The van der Waals surface area contributed by atoms with Gasteiger partial charge in [-0.15, -0.1) is 0 Å². The number of nitrogens with zero attached hydrogens (tertiary/aromatic N) is 2. The second kappa shape index (κ2) is 6.97. The number of sulfonamides is 1. The Kier molecular flexibility index (Phi) is 5.28. The van der Waals surface area contributed by atoms with Gasteiger partial charge in [-0.1, -0.05) is 25.1 Å². The molecule has 1 aromatic heterocycles. The summed E-state index contributed by atoms with van der Waals surface area (Å²) >= 11 is 0. The van der Waals surface area contributed by atoms with E-state index < -0.39 is 10.0 Å². The minimum Gasteiger partial charge on any atom is -0.313 e. The van der Waals surface area contributed by atoms with Crippen LogP contribution in [0.1, 0.15) is 25.3 Å². The molecule has 1 aliphatic heterocycles. The number of hydrogen-bond acceptors (Lipinski definition) is 4. The molecule has 0 fully saturated rings. The highest BCUT2D eigenvalue weighted by Crippen LogP contribution is 2.16. The standard InChI is InChI=1S/C14H21N3O2S/c1-2-8-15-11-13-6-7-14(16-12-13)20(18,19)17-9-4-3-5-10-17/h3-4,6-7,12,15H,2,5,8-11H2,1H3. The van der Waals surface area contributed by atoms with Crippen LogP contribution in [0.15, 0.2) is 35.5 Å². The van der Waals surface area contributed by atoms with Crippen molar-refractivity contribution < 1.29 is 8.42 Å². The van der Waals surface area contributed by atoms with E-state index in [1.807, 2.05) is 18.2 Å². The Morgan fingerprint density at radius 3 is 2.80 bits per heavy atom. The number of hydrogen-bond donors (Lipinski definition) is 1. The third-order valence-electron chi connectivity index (χ3n) is 3.18. The van der Waals surface area contributed by atoms with Crippen LogP contribution in [0, 0.1) is 0 Å². The Labute approximate surface area is 120 Å². The molecule has 0 spiro atoms. The molecule has 0 amide bonds. The minimum atomic E-state index is -3.45. The van der Waals surface area contributed by atoms with Gasteiger partial charge in [-0.05, 0) is 31.0 Å². The van der Waals surface area contributed by atoms with Crippen LogP contribution in [0.2, 0.25) is 0 Å². The summed E-state index contributed by atoms with van der Waals surface area (Å²) in [6, 6.07) is 3.42. The van der Waals surface area contributed by atoms with E-state index in [0.29, 0.717) is 19.6 Å². The van der Waals surface area contributed by atoms with Crippen molar-refractivity contribution in [1.82, 2.24) is 14.6 Å². The zero-order valence-corrected chi connectivity index (χ0v) is 12.6. The molecule has 0 bridgehead atoms. The van der Waals surface area contributed by atoms with Crippen molar-refractivity contribution in [2.24, 2.45) is 0 Å². The lowest BCUT2D eigenvalue weighted by molar-refractivity contribution is 0.435. The molecular weight excluding hydrogens is 274 g/mol. The Morgan fingerprint density at radius 2 is 2.20 bits per heavy atom. The van der Waals surface area contributed by atoms with Crippen LogP contribution in [0.3, 0.4) is 0 Å². The summed E-state index contributed by atoms with van der Waals surface area (Å²) in [6.07, 6.45) is 7.35. The zero-order chi connectivity index (χ0) is 14.4. The molecule has 0 radical (unpaired) electrons. The van der Waals surface area contributed by atoms with Crippen LogP contribution in [0.4, 0.5) is 0 Å². The molecule has 1 N–H and O–H groups in total. The van der Waals surface area contributed by atoms with Crippen molar-refractivity contribution in [1.29, 1.82) is 0 Å². The highest BCUT2D eigenvalue weighted by molar-refractivity contribution is 7.89. The molecular formula is C14H21N3O2S. The van der Waals surface area contributed by atoms with Gasteiger partial charge in [0.25, 0.3) is 10.0 Å². The lowest BCUT2D eigenvalue weighted by Gasteiger charge is -2.22. The van der Waals surface area contributed by atoms with Crippen molar-refractivity contribution in [2.75, 3.05) is 19.6 Å². The zero-order valence-electron chi connectivity index (χ0n) is 11.7. The normalized spacial score (nSPS) is 16.4. The molecule has 1 aromatic rings. The highest BCUT2D eigenvalue weighted by Gasteiger charge is 2.25. The second-order valence-electron chi connectivity index (χ2n) is 4.80. The number of pyridine rings is 1. The van der Waals surface area contributed by atoms with E-state index >= 15 is 0 Å². The predicted octanol–water partition coefficient (Wildman–Crippen LogP) is 1.53. The quantitative estimate of drug-likeness (QED) is 0.638. The van der Waals surface area contributed by atoms with Crippen LogP contribution in [0.25, 0.3) is 0 Å². The lowest BCUT2D eigenvalue weighted by atomic mass is 10.3. The van der Waals surface area contributed by atoms with E-state index in [1.165, 1.54) is 4.31 Å². The van der Waals surface area contributed by atoms with Crippen LogP contribution >= 0.6 is 0 Å². The molecule has 20 heavy (non-hydrogen) atoms. The van der Waals surface area contributed by atoms with Crippen molar-refractivity contribution >= 4 is 10.0 Å². The maximum absolute atomic E-state index is 12.4. The molecule has 0 saturated heterocycles. The first-order valence-corrected chi connectivity index (χ1v) is 8.39. The Morgan fingerprint density at radius 1 is 1.35 bits per heavy atom. The largest absolute Gasteiger partial charge is 0.313 e. The number of nitrogens with one attached hydrogen (secondary N) is 1.